The minimum Gasteiger partial charge on any atom is -0.357 e. The molecular formula is C22H32IN5. The smallest absolute Gasteiger partial charge is 0.191 e. The fraction of sp³-hybridized carbons (Fsp3) is 0.455. The first-order chi connectivity index (χ1) is 13.2. The van der Waals surface area contributed by atoms with E-state index >= 15 is 0 Å². The molecule has 5 nitrogen and oxygen atoms in total. The molecule has 2 aromatic rings. The molecule has 3 rings (SSSR count). The standard InChI is InChI=1S/C22H31N5.HI/c1-17-11-13-27(14-12-17)21-10-9-19(15-24-21)16-25-22(23-3)26-18(2)20-7-5-4-6-8-20;/h4-10,15,17-18H,11-14,16H2,1-3H3,(H2,23,25,26);1H. The van der Waals surface area contributed by atoms with Gasteiger partial charge in [0.05, 0.1) is 6.04 Å². The molecule has 1 aliphatic rings. The molecule has 2 heterocycles. The lowest BCUT2D eigenvalue weighted by atomic mass is 9.99. The molecule has 1 saturated heterocycles. The summed E-state index contributed by atoms with van der Waals surface area (Å²) in [5, 5.41) is 6.81. The zero-order chi connectivity index (χ0) is 19.1. The molecule has 0 spiro atoms. The van der Waals surface area contributed by atoms with Crippen molar-refractivity contribution in [1.29, 1.82) is 0 Å². The van der Waals surface area contributed by atoms with Crippen molar-refractivity contribution >= 4 is 35.8 Å². The molecule has 0 amide bonds. The van der Waals surface area contributed by atoms with Crippen LogP contribution in [-0.2, 0) is 6.54 Å². The van der Waals surface area contributed by atoms with Gasteiger partial charge >= 0.3 is 0 Å². The predicted octanol–water partition coefficient (Wildman–Crippen LogP) is 4.36. The van der Waals surface area contributed by atoms with Gasteiger partial charge in [-0.3, -0.25) is 4.99 Å². The van der Waals surface area contributed by atoms with Crippen LogP contribution in [0.2, 0.25) is 0 Å². The summed E-state index contributed by atoms with van der Waals surface area (Å²) in [4.78, 5) is 11.4. The van der Waals surface area contributed by atoms with E-state index in [1.54, 1.807) is 7.05 Å². The van der Waals surface area contributed by atoms with Crippen molar-refractivity contribution in [2.75, 3.05) is 25.0 Å². The van der Waals surface area contributed by atoms with Crippen LogP contribution in [0.3, 0.4) is 0 Å². The van der Waals surface area contributed by atoms with Gasteiger partial charge in [0.15, 0.2) is 5.96 Å². The Kier molecular flexibility index (Phi) is 9.02. The first-order valence-electron chi connectivity index (χ1n) is 9.87. The molecule has 0 bridgehead atoms. The molecule has 6 heteroatoms. The van der Waals surface area contributed by atoms with E-state index in [-0.39, 0.29) is 30.0 Å². The SMILES string of the molecule is CN=C(NCc1ccc(N2CCC(C)CC2)nc1)NC(C)c1ccccc1.I. The van der Waals surface area contributed by atoms with Crippen LogP contribution >= 0.6 is 24.0 Å². The Morgan fingerprint density at radius 1 is 1.18 bits per heavy atom. The minimum absolute atomic E-state index is 0. The number of benzene rings is 1. The molecule has 0 aliphatic carbocycles. The second kappa shape index (κ2) is 11.2. The molecule has 152 valence electrons. The second-order valence-corrected chi connectivity index (χ2v) is 7.40. The predicted molar refractivity (Wildman–Crippen MR) is 128 cm³/mol. The third-order valence-electron chi connectivity index (χ3n) is 5.25. The third kappa shape index (κ3) is 6.36. The van der Waals surface area contributed by atoms with Gasteiger partial charge in [0.1, 0.15) is 5.82 Å². The lowest BCUT2D eigenvalue weighted by Gasteiger charge is -2.31. The number of anilines is 1. The van der Waals surface area contributed by atoms with Crippen LogP contribution in [0.1, 0.15) is 43.9 Å². The maximum atomic E-state index is 4.67. The van der Waals surface area contributed by atoms with Gasteiger partial charge in [-0.25, -0.2) is 4.98 Å². The second-order valence-electron chi connectivity index (χ2n) is 7.40. The van der Waals surface area contributed by atoms with Crippen LogP contribution in [0.5, 0.6) is 0 Å². The maximum Gasteiger partial charge on any atom is 0.191 e. The van der Waals surface area contributed by atoms with Gasteiger partial charge in [0.2, 0.25) is 0 Å². The Bertz CT molecular complexity index is 724. The molecule has 2 N–H and O–H groups in total. The summed E-state index contributed by atoms with van der Waals surface area (Å²) in [6.07, 6.45) is 4.48. The minimum atomic E-state index is 0. The molecule has 1 unspecified atom stereocenters. The highest BCUT2D eigenvalue weighted by Crippen LogP contribution is 2.21. The summed E-state index contributed by atoms with van der Waals surface area (Å²) >= 11 is 0. The van der Waals surface area contributed by atoms with Gasteiger partial charge in [0, 0.05) is 32.9 Å². The van der Waals surface area contributed by atoms with Crippen LogP contribution in [0.25, 0.3) is 0 Å². The number of piperidine rings is 1. The van der Waals surface area contributed by atoms with E-state index < -0.39 is 0 Å². The third-order valence-corrected chi connectivity index (χ3v) is 5.25. The quantitative estimate of drug-likeness (QED) is 0.369. The van der Waals surface area contributed by atoms with Crippen molar-refractivity contribution in [3.8, 4) is 0 Å². The van der Waals surface area contributed by atoms with E-state index in [0.717, 1.165) is 36.3 Å². The molecule has 1 fully saturated rings. The fourth-order valence-corrected chi connectivity index (χ4v) is 3.36. The maximum absolute atomic E-state index is 4.67. The Balaban J connectivity index is 0.00000280. The Labute approximate surface area is 186 Å². The van der Waals surface area contributed by atoms with Crippen molar-refractivity contribution in [1.82, 2.24) is 15.6 Å². The molecular weight excluding hydrogens is 461 g/mol. The highest BCUT2D eigenvalue weighted by Gasteiger charge is 2.16. The van der Waals surface area contributed by atoms with Crippen molar-refractivity contribution in [3.63, 3.8) is 0 Å². The highest BCUT2D eigenvalue weighted by molar-refractivity contribution is 14.0. The number of nitrogens with one attached hydrogen (secondary N) is 2. The monoisotopic (exact) mass is 493 g/mol. The number of aromatic nitrogens is 1. The molecule has 28 heavy (non-hydrogen) atoms. The van der Waals surface area contributed by atoms with Crippen molar-refractivity contribution in [2.45, 2.75) is 39.3 Å². The number of aliphatic imine (C=N–C) groups is 1. The van der Waals surface area contributed by atoms with Crippen molar-refractivity contribution in [3.05, 3.63) is 59.8 Å². The first-order valence-corrected chi connectivity index (χ1v) is 9.87. The van der Waals surface area contributed by atoms with Crippen LogP contribution in [0, 0.1) is 5.92 Å². The summed E-state index contributed by atoms with van der Waals surface area (Å²) in [6, 6.07) is 14.9. The fourth-order valence-electron chi connectivity index (χ4n) is 3.36. The number of nitrogens with zero attached hydrogens (tertiary/aromatic N) is 3. The zero-order valence-electron chi connectivity index (χ0n) is 17.1. The van der Waals surface area contributed by atoms with E-state index in [2.05, 4.69) is 75.8 Å². The molecule has 1 aromatic carbocycles. The summed E-state index contributed by atoms with van der Waals surface area (Å²) < 4.78 is 0. The van der Waals surface area contributed by atoms with Gasteiger partial charge in [-0.15, -0.1) is 24.0 Å². The summed E-state index contributed by atoms with van der Waals surface area (Å²) in [5.74, 6) is 2.72. The lowest BCUT2D eigenvalue weighted by molar-refractivity contribution is 0.436. The average molecular weight is 493 g/mol. The van der Waals surface area contributed by atoms with Gasteiger partial charge in [-0.05, 0) is 42.9 Å². The van der Waals surface area contributed by atoms with E-state index in [4.69, 9.17) is 0 Å². The normalized spacial score (nSPS) is 16.2. The Hall–Kier alpha value is -1.83. The van der Waals surface area contributed by atoms with Gasteiger partial charge in [0.25, 0.3) is 0 Å². The van der Waals surface area contributed by atoms with Crippen molar-refractivity contribution in [2.24, 2.45) is 10.9 Å². The summed E-state index contributed by atoms with van der Waals surface area (Å²) in [6.45, 7) is 7.39. The van der Waals surface area contributed by atoms with Gasteiger partial charge in [-0.1, -0.05) is 43.3 Å². The highest BCUT2D eigenvalue weighted by atomic mass is 127. The Morgan fingerprint density at radius 2 is 1.89 bits per heavy atom. The molecule has 1 atom stereocenters. The number of hydrogen-bond acceptors (Lipinski definition) is 3. The van der Waals surface area contributed by atoms with E-state index in [1.807, 2.05) is 12.3 Å². The average Bonchev–Trinajstić information content (AvgIpc) is 2.72. The van der Waals surface area contributed by atoms with Crippen molar-refractivity contribution < 1.29 is 0 Å². The summed E-state index contributed by atoms with van der Waals surface area (Å²) in [5.41, 5.74) is 2.39. The molecule has 0 radical (unpaired) electrons. The zero-order valence-corrected chi connectivity index (χ0v) is 19.4. The molecule has 0 saturated carbocycles. The van der Waals surface area contributed by atoms with E-state index in [1.165, 1.54) is 18.4 Å². The number of hydrogen-bond donors (Lipinski definition) is 2. The van der Waals surface area contributed by atoms with Crippen LogP contribution in [-0.4, -0.2) is 31.1 Å². The Morgan fingerprint density at radius 3 is 2.50 bits per heavy atom. The topological polar surface area (TPSA) is 52.6 Å². The van der Waals surface area contributed by atoms with Crippen LogP contribution < -0.4 is 15.5 Å². The number of halogens is 1. The summed E-state index contributed by atoms with van der Waals surface area (Å²) in [7, 11) is 1.80. The molecule has 1 aromatic heterocycles. The van der Waals surface area contributed by atoms with E-state index in [9.17, 15) is 0 Å². The first kappa shape index (κ1) is 22.5. The van der Waals surface area contributed by atoms with Crippen LogP contribution in [0.15, 0.2) is 53.7 Å². The number of guanidine groups is 1. The van der Waals surface area contributed by atoms with E-state index in [0.29, 0.717) is 6.54 Å². The molecule has 1 aliphatic heterocycles. The number of rotatable bonds is 5. The van der Waals surface area contributed by atoms with Crippen LogP contribution in [0.4, 0.5) is 5.82 Å². The van der Waals surface area contributed by atoms with Gasteiger partial charge < -0.3 is 15.5 Å². The van der Waals surface area contributed by atoms with Gasteiger partial charge in [-0.2, -0.15) is 0 Å². The largest absolute Gasteiger partial charge is 0.357 e. The number of pyridine rings is 1. The lowest BCUT2D eigenvalue weighted by Crippen LogP contribution is -2.38.